The van der Waals surface area contributed by atoms with E-state index in [1.54, 1.807) is 0 Å². The first kappa shape index (κ1) is 13.6. The molecule has 0 spiro atoms. The normalized spacial score (nSPS) is 12.7. The molecule has 0 amide bonds. The van der Waals surface area contributed by atoms with Crippen LogP contribution >= 0.6 is 15.9 Å². The van der Waals surface area contributed by atoms with Gasteiger partial charge in [0.25, 0.3) is 0 Å². The molecule has 0 aliphatic carbocycles. The van der Waals surface area contributed by atoms with E-state index in [1.807, 2.05) is 18.3 Å². The minimum atomic E-state index is 0.459. The van der Waals surface area contributed by atoms with Crippen molar-refractivity contribution in [2.45, 2.75) is 32.9 Å². The van der Waals surface area contributed by atoms with Gasteiger partial charge in [0.2, 0.25) is 0 Å². The Hall–Kier alpha value is -0.450. The molecule has 1 rings (SSSR count). The number of nitrogens with one attached hydrogen (secondary N) is 2. The highest BCUT2D eigenvalue weighted by molar-refractivity contribution is 9.10. The van der Waals surface area contributed by atoms with Crippen molar-refractivity contribution in [2.24, 2.45) is 0 Å². The highest BCUT2D eigenvalue weighted by Gasteiger charge is 2.03. The molecule has 90 valence electrons. The van der Waals surface area contributed by atoms with Crippen molar-refractivity contribution in [3.05, 3.63) is 28.5 Å². The summed E-state index contributed by atoms with van der Waals surface area (Å²) in [6.07, 6.45) is 3.00. The van der Waals surface area contributed by atoms with Gasteiger partial charge in [0, 0.05) is 29.8 Å². The molecular formula is C12H20BrN3. The van der Waals surface area contributed by atoms with E-state index < -0.39 is 0 Å². The van der Waals surface area contributed by atoms with Crippen molar-refractivity contribution >= 4 is 15.9 Å². The Bertz CT molecular complexity index is 304. The lowest BCUT2D eigenvalue weighted by atomic mass is 10.3. The second-order valence-corrected chi connectivity index (χ2v) is 4.77. The molecule has 1 aromatic rings. The number of halogens is 1. The first-order valence-electron chi connectivity index (χ1n) is 5.77. The molecule has 1 aromatic heterocycles. The summed E-state index contributed by atoms with van der Waals surface area (Å²) in [5.74, 6) is 0. The van der Waals surface area contributed by atoms with Gasteiger partial charge in [-0.3, -0.25) is 4.98 Å². The van der Waals surface area contributed by atoms with Crippen LogP contribution in [-0.2, 0) is 6.54 Å². The van der Waals surface area contributed by atoms with Crippen LogP contribution in [0.4, 0.5) is 0 Å². The van der Waals surface area contributed by atoms with Crippen LogP contribution in [0.15, 0.2) is 22.8 Å². The van der Waals surface area contributed by atoms with Gasteiger partial charge >= 0.3 is 0 Å². The summed E-state index contributed by atoms with van der Waals surface area (Å²) in [5.41, 5.74) is 1.06. The SMILES string of the molecule is CCCNCC(C)NCc1ncccc1Br. The Morgan fingerprint density at radius 1 is 1.50 bits per heavy atom. The molecule has 2 N–H and O–H groups in total. The maximum atomic E-state index is 4.32. The number of nitrogens with zero attached hydrogens (tertiary/aromatic N) is 1. The molecule has 1 unspecified atom stereocenters. The third-order valence-corrected chi connectivity index (χ3v) is 3.05. The molecule has 4 heteroatoms. The van der Waals surface area contributed by atoms with Gasteiger partial charge in [-0.15, -0.1) is 0 Å². The standard InChI is InChI=1S/C12H20BrN3/c1-3-6-14-8-10(2)16-9-12-11(13)5-4-7-15-12/h4-5,7,10,14,16H,3,6,8-9H2,1-2H3. The fraction of sp³-hybridized carbons (Fsp3) is 0.583. The molecule has 0 bridgehead atoms. The summed E-state index contributed by atoms with van der Waals surface area (Å²) >= 11 is 3.49. The molecule has 1 heterocycles. The van der Waals surface area contributed by atoms with Gasteiger partial charge in [0.1, 0.15) is 0 Å². The molecule has 1 atom stereocenters. The number of aromatic nitrogens is 1. The van der Waals surface area contributed by atoms with Gasteiger partial charge in [-0.2, -0.15) is 0 Å². The lowest BCUT2D eigenvalue weighted by Gasteiger charge is -2.14. The lowest BCUT2D eigenvalue weighted by molar-refractivity contribution is 0.497. The van der Waals surface area contributed by atoms with E-state index >= 15 is 0 Å². The third-order valence-electron chi connectivity index (χ3n) is 2.33. The minimum absolute atomic E-state index is 0.459. The van der Waals surface area contributed by atoms with E-state index in [0.29, 0.717) is 6.04 Å². The van der Waals surface area contributed by atoms with Crippen molar-refractivity contribution < 1.29 is 0 Å². The number of hydrogen-bond donors (Lipinski definition) is 2. The Labute approximate surface area is 106 Å². The molecule has 16 heavy (non-hydrogen) atoms. The fourth-order valence-corrected chi connectivity index (χ4v) is 1.78. The quantitative estimate of drug-likeness (QED) is 0.755. The number of hydrogen-bond acceptors (Lipinski definition) is 3. The van der Waals surface area contributed by atoms with Crippen LogP contribution in [0.3, 0.4) is 0 Å². The highest BCUT2D eigenvalue weighted by Crippen LogP contribution is 2.12. The van der Waals surface area contributed by atoms with Gasteiger partial charge in [0.05, 0.1) is 5.69 Å². The van der Waals surface area contributed by atoms with Crippen LogP contribution in [0, 0.1) is 0 Å². The Morgan fingerprint density at radius 2 is 2.31 bits per heavy atom. The fourth-order valence-electron chi connectivity index (χ4n) is 1.39. The van der Waals surface area contributed by atoms with Crippen LogP contribution < -0.4 is 10.6 Å². The van der Waals surface area contributed by atoms with E-state index in [1.165, 1.54) is 6.42 Å². The topological polar surface area (TPSA) is 37.0 Å². The van der Waals surface area contributed by atoms with Crippen LogP contribution in [0.1, 0.15) is 26.0 Å². The van der Waals surface area contributed by atoms with Gasteiger partial charge < -0.3 is 10.6 Å². The maximum absolute atomic E-state index is 4.32. The highest BCUT2D eigenvalue weighted by atomic mass is 79.9. The van der Waals surface area contributed by atoms with E-state index in [-0.39, 0.29) is 0 Å². The minimum Gasteiger partial charge on any atom is -0.315 e. The monoisotopic (exact) mass is 285 g/mol. The van der Waals surface area contributed by atoms with Crippen molar-refractivity contribution in [3.63, 3.8) is 0 Å². The summed E-state index contributed by atoms with van der Waals surface area (Å²) in [7, 11) is 0. The summed E-state index contributed by atoms with van der Waals surface area (Å²) in [5, 5.41) is 6.83. The molecule has 0 radical (unpaired) electrons. The van der Waals surface area contributed by atoms with Crippen LogP contribution in [0.25, 0.3) is 0 Å². The molecule has 0 saturated heterocycles. The number of rotatable bonds is 7. The first-order chi connectivity index (χ1) is 7.74. The average Bonchev–Trinajstić information content (AvgIpc) is 2.28. The largest absolute Gasteiger partial charge is 0.315 e. The zero-order valence-electron chi connectivity index (χ0n) is 9.96. The lowest BCUT2D eigenvalue weighted by Crippen LogP contribution is -2.36. The summed E-state index contributed by atoms with van der Waals surface area (Å²) in [4.78, 5) is 4.32. The molecular weight excluding hydrogens is 266 g/mol. The molecule has 0 aromatic carbocycles. The van der Waals surface area contributed by atoms with Crippen molar-refractivity contribution in [2.75, 3.05) is 13.1 Å². The Kier molecular flexibility index (Phi) is 6.61. The number of pyridine rings is 1. The Morgan fingerprint density at radius 3 is 3.00 bits per heavy atom. The van der Waals surface area contributed by atoms with Crippen LogP contribution in [0.5, 0.6) is 0 Å². The predicted molar refractivity (Wildman–Crippen MR) is 71.4 cm³/mol. The predicted octanol–water partition coefficient (Wildman–Crippen LogP) is 2.32. The van der Waals surface area contributed by atoms with E-state index in [9.17, 15) is 0 Å². The zero-order valence-corrected chi connectivity index (χ0v) is 11.5. The van der Waals surface area contributed by atoms with Crippen molar-refractivity contribution in [3.8, 4) is 0 Å². The molecule has 0 aliphatic heterocycles. The van der Waals surface area contributed by atoms with Gasteiger partial charge in [-0.25, -0.2) is 0 Å². The van der Waals surface area contributed by atoms with Gasteiger partial charge in [-0.1, -0.05) is 6.92 Å². The van der Waals surface area contributed by atoms with Crippen molar-refractivity contribution in [1.82, 2.24) is 15.6 Å². The Balaban J connectivity index is 2.26. The second-order valence-electron chi connectivity index (χ2n) is 3.92. The van der Waals surface area contributed by atoms with E-state index in [4.69, 9.17) is 0 Å². The summed E-state index contributed by atoms with van der Waals surface area (Å²) < 4.78 is 1.07. The van der Waals surface area contributed by atoms with E-state index in [2.05, 4.69) is 45.4 Å². The molecule has 0 saturated carbocycles. The zero-order chi connectivity index (χ0) is 11.8. The summed E-state index contributed by atoms with van der Waals surface area (Å²) in [6.45, 7) is 7.24. The maximum Gasteiger partial charge on any atom is 0.0683 e. The summed E-state index contributed by atoms with van der Waals surface area (Å²) in [6, 6.07) is 4.41. The van der Waals surface area contributed by atoms with Gasteiger partial charge in [-0.05, 0) is 48.0 Å². The molecule has 3 nitrogen and oxygen atoms in total. The third kappa shape index (κ3) is 5.05. The molecule has 0 aliphatic rings. The van der Waals surface area contributed by atoms with Crippen LogP contribution in [0.2, 0.25) is 0 Å². The van der Waals surface area contributed by atoms with Crippen LogP contribution in [-0.4, -0.2) is 24.1 Å². The second kappa shape index (κ2) is 7.76. The van der Waals surface area contributed by atoms with Crippen molar-refractivity contribution in [1.29, 1.82) is 0 Å². The smallest absolute Gasteiger partial charge is 0.0683 e. The first-order valence-corrected chi connectivity index (χ1v) is 6.56. The average molecular weight is 286 g/mol. The molecule has 0 fully saturated rings. The van der Waals surface area contributed by atoms with Gasteiger partial charge in [0.15, 0.2) is 0 Å². The van der Waals surface area contributed by atoms with E-state index in [0.717, 1.165) is 29.8 Å².